The molecule has 1 saturated heterocycles. The maximum atomic E-state index is 14.0. The Morgan fingerprint density at radius 1 is 1.03 bits per heavy atom. The molecule has 0 bridgehead atoms. The van der Waals surface area contributed by atoms with E-state index < -0.39 is 5.82 Å². The van der Waals surface area contributed by atoms with Crippen LogP contribution in [0.25, 0.3) is 5.69 Å². The van der Waals surface area contributed by atoms with Crippen LogP contribution in [-0.4, -0.2) is 44.3 Å². The number of nitrogens with zero attached hydrogens (tertiary/aromatic N) is 4. The predicted octanol–water partition coefficient (Wildman–Crippen LogP) is 5.07. The molecule has 0 amide bonds. The van der Waals surface area contributed by atoms with Crippen LogP contribution in [0.5, 0.6) is 0 Å². The van der Waals surface area contributed by atoms with E-state index in [1.165, 1.54) is 42.4 Å². The average molecular weight is 443 g/mol. The number of carbonyl (C=O) groups excluding carboxylic acids is 1. The molecule has 2 heterocycles. The van der Waals surface area contributed by atoms with Gasteiger partial charge in [-0.25, -0.2) is 8.78 Å². The summed E-state index contributed by atoms with van der Waals surface area (Å²) in [6.45, 7) is 4.08. The number of ketones is 1. The van der Waals surface area contributed by atoms with Crippen LogP contribution in [0.15, 0.2) is 53.7 Å². The maximum absolute atomic E-state index is 14.0. The van der Waals surface area contributed by atoms with E-state index in [2.05, 4.69) is 22.0 Å². The Morgan fingerprint density at radius 2 is 1.74 bits per heavy atom. The number of halogens is 2. The number of thioether (sulfide) groups is 1. The highest BCUT2D eigenvalue weighted by molar-refractivity contribution is 7.99. The van der Waals surface area contributed by atoms with Gasteiger partial charge in [0.25, 0.3) is 0 Å². The summed E-state index contributed by atoms with van der Waals surface area (Å²) in [6, 6.07) is 12.1. The van der Waals surface area contributed by atoms with Gasteiger partial charge in [-0.2, -0.15) is 0 Å². The molecule has 5 nitrogen and oxygen atoms in total. The molecule has 2 aromatic carbocycles. The molecule has 0 spiro atoms. The number of carbonyl (C=O) groups is 1. The summed E-state index contributed by atoms with van der Waals surface area (Å²) in [5.74, 6) is -0.408. The lowest BCUT2D eigenvalue weighted by Gasteiger charge is -2.31. The molecule has 162 valence electrons. The molecule has 0 N–H and O–H groups in total. The Morgan fingerprint density at radius 3 is 2.45 bits per heavy atom. The number of Topliss-reactive ketones (excluding diaryl/α,β-unsaturated/α-hetero) is 1. The summed E-state index contributed by atoms with van der Waals surface area (Å²) in [7, 11) is 0. The molecule has 0 saturated carbocycles. The number of piperidine rings is 1. The smallest absolute Gasteiger partial charge is 0.196 e. The van der Waals surface area contributed by atoms with Crippen molar-refractivity contribution in [3.05, 3.63) is 71.6 Å². The lowest BCUT2D eigenvalue weighted by molar-refractivity contribution is 0.101. The molecular weight excluding hydrogens is 418 g/mol. The summed E-state index contributed by atoms with van der Waals surface area (Å²) in [5, 5.41) is 9.28. The van der Waals surface area contributed by atoms with Crippen molar-refractivity contribution >= 4 is 17.5 Å². The molecular formula is C23H24F2N4OS. The van der Waals surface area contributed by atoms with Crippen molar-refractivity contribution in [1.29, 1.82) is 0 Å². The van der Waals surface area contributed by atoms with Gasteiger partial charge in [0.2, 0.25) is 0 Å². The number of hydrogen-bond acceptors (Lipinski definition) is 5. The Balaban J connectivity index is 1.62. The van der Waals surface area contributed by atoms with Crippen LogP contribution in [0.3, 0.4) is 0 Å². The van der Waals surface area contributed by atoms with Crippen molar-refractivity contribution in [3.63, 3.8) is 0 Å². The number of hydrogen-bond donors (Lipinski definition) is 0. The zero-order valence-corrected chi connectivity index (χ0v) is 18.1. The van der Waals surface area contributed by atoms with Crippen LogP contribution >= 0.6 is 11.8 Å². The first kappa shape index (κ1) is 21.6. The van der Waals surface area contributed by atoms with Gasteiger partial charge >= 0.3 is 0 Å². The monoisotopic (exact) mass is 442 g/mol. The first-order valence-corrected chi connectivity index (χ1v) is 11.4. The van der Waals surface area contributed by atoms with E-state index in [1.54, 1.807) is 24.3 Å². The first-order valence-electron chi connectivity index (χ1n) is 10.4. The number of benzene rings is 2. The van der Waals surface area contributed by atoms with Crippen molar-refractivity contribution < 1.29 is 13.6 Å². The largest absolute Gasteiger partial charge is 0.294 e. The van der Waals surface area contributed by atoms with E-state index in [9.17, 15) is 13.6 Å². The maximum Gasteiger partial charge on any atom is 0.196 e. The Hall–Kier alpha value is -2.58. The molecule has 1 atom stereocenters. The lowest BCUT2D eigenvalue weighted by Crippen LogP contribution is -2.33. The second-order valence-electron chi connectivity index (χ2n) is 7.62. The average Bonchev–Trinajstić information content (AvgIpc) is 3.22. The summed E-state index contributed by atoms with van der Waals surface area (Å²) < 4.78 is 29.4. The zero-order chi connectivity index (χ0) is 21.8. The first-order chi connectivity index (χ1) is 15.0. The van der Waals surface area contributed by atoms with Gasteiger partial charge in [-0.15, -0.1) is 10.2 Å². The van der Waals surface area contributed by atoms with E-state index in [0.29, 0.717) is 5.16 Å². The number of aromatic nitrogens is 3. The van der Waals surface area contributed by atoms with E-state index in [-0.39, 0.29) is 29.0 Å². The molecule has 1 fully saturated rings. The van der Waals surface area contributed by atoms with Crippen molar-refractivity contribution in [2.75, 3.05) is 18.8 Å². The lowest BCUT2D eigenvalue weighted by atomic mass is 10.1. The van der Waals surface area contributed by atoms with Gasteiger partial charge in [0.05, 0.1) is 17.4 Å². The standard InChI is InChI=1S/C23H24F2N4OS/c1-16(28-13-5-2-6-14-28)22-26-27-23(29(22)18-11-9-17(24)10-12-18)31-15-21(30)19-7-3-4-8-20(19)25/h3-4,7-12,16H,2,5-6,13-15H2,1H3. The highest BCUT2D eigenvalue weighted by atomic mass is 32.2. The fraction of sp³-hybridized carbons (Fsp3) is 0.348. The molecule has 0 aliphatic carbocycles. The van der Waals surface area contributed by atoms with Gasteiger partial charge in [0, 0.05) is 5.69 Å². The van der Waals surface area contributed by atoms with Crippen LogP contribution in [0.4, 0.5) is 8.78 Å². The fourth-order valence-electron chi connectivity index (χ4n) is 3.84. The minimum absolute atomic E-state index is 0.0227. The third-order valence-electron chi connectivity index (χ3n) is 5.56. The summed E-state index contributed by atoms with van der Waals surface area (Å²) >= 11 is 1.20. The van der Waals surface area contributed by atoms with E-state index in [0.717, 1.165) is 37.4 Å². The Bertz CT molecular complexity index is 1050. The number of likely N-dealkylation sites (tertiary alicyclic amines) is 1. The van der Waals surface area contributed by atoms with Crippen LogP contribution < -0.4 is 0 Å². The summed E-state index contributed by atoms with van der Waals surface area (Å²) in [4.78, 5) is 14.9. The molecule has 1 aromatic heterocycles. The minimum atomic E-state index is -0.535. The number of rotatable bonds is 7. The quantitative estimate of drug-likeness (QED) is 0.378. The second-order valence-corrected chi connectivity index (χ2v) is 8.56. The SMILES string of the molecule is CC(c1nnc(SCC(=O)c2ccccc2F)n1-c1ccc(F)cc1)N1CCCCC1. The minimum Gasteiger partial charge on any atom is -0.294 e. The molecule has 0 radical (unpaired) electrons. The Labute approximate surface area is 184 Å². The van der Waals surface area contributed by atoms with Crippen molar-refractivity contribution in [1.82, 2.24) is 19.7 Å². The summed E-state index contributed by atoms with van der Waals surface area (Å²) in [5.41, 5.74) is 0.788. The zero-order valence-electron chi connectivity index (χ0n) is 17.3. The predicted molar refractivity (Wildman–Crippen MR) is 117 cm³/mol. The normalized spacial score (nSPS) is 15.7. The van der Waals surface area contributed by atoms with Gasteiger partial charge in [-0.1, -0.05) is 30.3 Å². The van der Waals surface area contributed by atoms with Gasteiger partial charge in [-0.3, -0.25) is 14.3 Å². The summed E-state index contributed by atoms with van der Waals surface area (Å²) in [6.07, 6.45) is 3.52. The van der Waals surface area contributed by atoms with Gasteiger partial charge in [0.15, 0.2) is 16.8 Å². The van der Waals surface area contributed by atoms with Gasteiger partial charge in [0.1, 0.15) is 11.6 Å². The van der Waals surface area contributed by atoms with Crippen LogP contribution in [0.1, 0.15) is 48.4 Å². The molecule has 31 heavy (non-hydrogen) atoms. The van der Waals surface area contributed by atoms with Crippen molar-refractivity contribution in [2.24, 2.45) is 0 Å². The van der Waals surface area contributed by atoms with Crippen molar-refractivity contribution in [3.8, 4) is 5.69 Å². The van der Waals surface area contributed by atoms with Crippen LogP contribution in [-0.2, 0) is 0 Å². The van der Waals surface area contributed by atoms with Gasteiger partial charge in [-0.05, 0) is 69.3 Å². The van der Waals surface area contributed by atoms with Crippen LogP contribution in [0.2, 0.25) is 0 Å². The molecule has 1 aliphatic heterocycles. The Kier molecular flexibility index (Phi) is 6.77. The van der Waals surface area contributed by atoms with Crippen LogP contribution in [0, 0.1) is 11.6 Å². The van der Waals surface area contributed by atoms with E-state index >= 15 is 0 Å². The molecule has 1 aliphatic rings. The molecule has 3 aromatic rings. The van der Waals surface area contributed by atoms with Crippen molar-refractivity contribution in [2.45, 2.75) is 37.4 Å². The highest BCUT2D eigenvalue weighted by Gasteiger charge is 2.26. The molecule has 4 rings (SSSR count). The molecule has 8 heteroatoms. The van der Waals surface area contributed by atoms with Gasteiger partial charge < -0.3 is 0 Å². The van der Waals surface area contributed by atoms with E-state index in [1.807, 2.05) is 4.57 Å². The third kappa shape index (κ3) is 4.85. The fourth-order valence-corrected chi connectivity index (χ4v) is 4.68. The third-order valence-corrected chi connectivity index (χ3v) is 6.49. The van der Waals surface area contributed by atoms with E-state index in [4.69, 9.17) is 0 Å². The topological polar surface area (TPSA) is 51.0 Å². The highest BCUT2D eigenvalue weighted by Crippen LogP contribution is 2.30. The second kappa shape index (κ2) is 9.70. The molecule has 1 unspecified atom stereocenters.